The highest BCUT2D eigenvalue weighted by Gasteiger charge is 2.29. The number of benzene rings is 1. The molecule has 0 aliphatic heterocycles. The molecule has 5 heteroatoms. The lowest BCUT2D eigenvalue weighted by molar-refractivity contribution is -0.117. The molecule has 1 aliphatic rings. The predicted molar refractivity (Wildman–Crippen MR) is 75.3 cm³/mol. The van der Waals surface area contributed by atoms with E-state index < -0.39 is 0 Å². The maximum atomic E-state index is 13.1. The van der Waals surface area contributed by atoms with Gasteiger partial charge in [0.15, 0.2) is 0 Å². The molecular formula is C15H14FN3O. The fourth-order valence-corrected chi connectivity index (χ4v) is 1.85. The minimum absolute atomic E-state index is 0.0309. The van der Waals surface area contributed by atoms with Crippen LogP contribution in [-0.4, -0.2) is 10.9 Å². The average molecular weight is 271 g/mol. The zero-order valence-corrected chi connectivity index (χ0v) is 10.8. The summed E-state index contributed by atoms with van der Waals surface area (Å²) < 4.78 is 13.1. The second-order valence-corrected chi connectivity index (χ2v) is 4.83. The molecule has 4 nitrogen and oxygen atoms in total. The molecule has 1 fully saturated rings. The van der Waals surface area contributed by atoms with Gasteiger partial charge in [-0.05, 0) is 43.2 Å². The number of nitrogens with zero attached hydrogens (tertiary/aromatic N) is 1. The minimum Gasteiger partial charge on any atom is -0.354 e. The van der Waals surface area contributed by atoms with E-state index in [1.165, 1.54) is 12.1 Å². The monoisotopic (exact) mass is 271 g/mol. The van der Waals surface area contributed by atoms with E-state index in [0.29, 0.717) is 11.5 Å². The Bertz CT molecular complexity index is 623. The molecule has 2 aromatic rings. The topological polar surface area (TPSA) is 54.0 Å². The Hall–Kier alpha value is -2.43. The van der Waals surface area contributed by atoms with E-state index >= 15 is 0 Å². The third kappa shape index (κ3) is 3.12. The number of hydrogen-bond donors (Lipinski definition) is 2. The third-order valence-electron chi connectivity index (χ3n) is 3.08. The molecule has 1 amide bonds. The van der Waals surface area contributed by atoms with Gasteiger partial charge in [-0.1, -0.05) is 6.07 Å². The van der Waals surface area contributed by atoms with Crippen molar-refractivity contribution in [1.82, 2.24) is 4.98 Å². The molecule has 1 aliphatic carbocycles. The Morgan fingerprint density at radius 1 is 1.20 bits per heavy atom. The summed E-state index contributed by atoms with van der Waals surface area (Å²) in [6.45, 7) is 0. The number of amides is 1. The van der Waals surface area contributed by atoms with Gasteiger partial charge in [-0.25, -0.2) is 9.37 Å². The number of aromatic nitrogens is 1. The standard InChI is InChI=1S/C15H14FN3O/c16-11-2-1-3-12(8-11)18-13-6-7-14(17-9-13)19-15(20)10-4-5-10/h1-3,6-10,18H,4-5H2,(H,17,19,20). The molecule has 0 saturated heterocycles. The third-order valence-corrected chi connectivity index (χ3v) is 3.08. The number of nitrogens with one attached hydrogen (secondary N) is 2. The van der Waals surface area contributed by atoms with Crippen molar-refractivity contribution >= 4 is 23.1 Å². The fraction of sp³-hybridized carbons (Fsp3) is 0.200. The first-order valence-corrected chi connectivity index (χ1v) is 6.50. The van der Waals surface area contributed by atoms with Gasteiger partial charge >= 0.3 is 0 Å². The van der Waals surface area contributed by atoms with Gasteiger partial charge in [0.2, 0.25) is 5.91 Å². The molecule has 1 aromatic heterocycles. The Labute approximate surface area is 116 Å². The molecule has 1 saturated carbocycles. The van der Waals surface area contributed by atoms with E-state index in [1.807, 2.05) is 0 Å². The first-order chi connectivity index (χ1) is 9.70. The average Bonchev–Trinajstić information content (AvgIpc) is 3.25. The number of rotatable bonds is 4. The predicted octanol–water partition coefficient (Wildman–Crippen LogP) is 3.31. The summed E-state index contributed by atoms with van der Waals surface area (Å²) in [7, 11) is 0. The highest BCUT2D eigenvalue weighted by atomic mass is 19.1. The summed E-state index contributed by atoms with van der Waals surface area (Å²) in [6, 6.07) is 9.71. The van der Waals surface area contributed by atoms with E-state index in [9.17, 15) is 9.18 Å². The number of hydrogen-bond acceptors (Lipinski definition) is 3. The van der Waals surface area contributed by atoms with E-state index in [4.69, 9.17) is 0 Å². The summed E-state index contributed by atoms with van der Waals surface area (Å²) in [5.41, 5.74) is 1.39. The van der Waals surface area contributed by atoms with Crippen LogP contribution in [0.4, 0.5) is 21.6 Å². The lowest BCUT2D eigenvalue weighted by atomic mass is 10.3. The normalized spacial score (nSPS) is 13.8. The zero-order chi connectivity index (χ0) is 13.9. The second-order valence-electron chi connectivity index (χ2n) is 4.83. The Balaban J connectivity index is 1.65. The molecule has 2 N–H and O–H groups in total. The maximum absolute atomic E-state index is 13.1. The van der Waals surface area contributed by atoms with Crippen LogP contribution in [0.5, 0.6) is 0 Å². The van der Waals surface area contributed by atoms with Crippen LogP contribution in [-0.2, 0) is 4.79 Å². The van der Waals surface area contributed by atoms with E-state index in [2.05, 4.69) is 15.6 Å². The first kappa shape index (κ1) is 12.6. The van der Waals surface area contributed by atoms with E-state index in [1.54, 1.807) is 30.5 Å². The Kier molecular flexibility index (Phi) is 3.33. The van der Waals surface area contributed by atoms with Crippen LogP contribution in [0.15, 0.2) is 42.6 Å². The molecule has 0 unspecified atom stereocenters. The molecule has 0 bridgehead atoms. The van der Waals surface area contributed by atoms with Gasteiger partial charge in [-0.3, -0.25) is 4.79 Å². The van der Waals surface area contributed by atoms with Crippen molar-refractivity contribution in [3.8, 4) is 0 Å². The highest BCUT2D eigenvalue weighted by Crippen LogP contribution is 2.30. The van der Waals surface area contributed by atoms with Crippen LogP contribution in [0.1, 0.15) is 12.8 Å². The van der Waals surface area contributed by atoms with E-state index in [0.717, 1.165) is 18.5 Å². The van der Waals surface area contributed by atoms with Gasteiger partial charge in [-0.2, -0.15) is 0 Å². The van der Waals surface area contributed by atoms with Gasteiger partial charge in [0, 0.05) is 11.6 Å². The smallest absolute Gasteiger partial charge is 0.228 e. The zero-order valence-electron chi connectivity index (χ0n) is 10.8. The van der Waals surface area contributed by atoms with Crippen LogP contribution >= 0.6 is 0 Å². The van der Waals surface area contributed by atoms with Crippen molar-refractivity contribution in [1.29, 1.82) is 0 Å². The molecule has 0 atom stereocenters. The number of halogens is 1. The Morgan fingerprint density at radius 2 is 2.05 bits per heavy atom. The molecule has 3 rings (SSSR count). The number of anilines is 3. The summed E-state index contributed by atoms with van der Waals surface area (Å²) in [5.74, 6) is 0.424. The van der Waals surface area contributed by atoms with Crippen LogP contribution in [0.25, 0.3) is 0 Å². The number of pyridine rings is 1. The van der Waals surface area contributed by atoms with Gasteiger partial charge in [0.1, 0.15) is 11.6 Å². The lowest BCUT2D eigenvalue weighted by Gasteiger charge is -2.07. The van der Waals surface area contributed by atoms with Crippen molar-refractivity contribution < 1.29 is 9.18 Å². The van der Waals surface area contributed by atoms with Crippen molar-refractivity contribution in [2.45, 2.75) is 12.8 Å². The van der Waals surface area contributed by atoms with Crippen molar-refractivity contribution in [3.05, 3.63) is 48.4 Å². The summed E-state index contributed by atoms with van der Waals surface area (Å²) in [5, 5.41) is 5.81. The number of carbonyl (C=O) groups is 1. The lowest BCUT2D eigenvalue weighted by Crippen LogP contribution is -2.14. The molecule has 0 radical (unpaired) electrons. The first-order valence-electron chi connectivity index (χ1n) is 6.50. The van der Waals surface area contributed by atoms with Crippen molar-refractivity contribution in [2.24, 2.45) is 5.92 Å². The molecule has 102 valence electrons. The Morgan fingerprint density at radius 3 is 2.70 bits per heavy atom. The number of carbonyl (C=O) groups excluding carboxylic acids is 1. The van der Waals surface area contributed by atoms with E-state index in [-0.39, 0.29) is 17.6 Å². The summed E-state index contributed by atoms with van der Waals surface area (Å²) in [4.78, 5) is 15.7. The molecule has 1 aromatic carbocycles. The maximum Gasteiger partial charge on any atom is 0.228 e. The van der Waals surface area contributed by atoms with Crippen molar-refractivity contribution in [3.63, 3.8) is 0 Å². The highest BCUT2D eigenvalue weighted by molar-refractivity contribution is 5.93. The quantitative estimate of drug-likeness (QED) is 0.897. The largest absolute Gasteiger partial charge is 0.354 e. The van der Waals surface area contributed by atoms with Crippen LogP contribution in [0.2, 0.25) is 0 Å². The summed E-state index contributed by atoms with van der Waals surface area (Å²) >= 11 is 0. The van der Waals surface area contributed by atoms with Crippen LogP contribution in [0.3, 0.4) is 0 Å². The SMILES string of the molecule is O=C(Nc1ccc(Nc2cccc(F)c2)cn1)C1CC1. The minimum atomic E-state index is -0.295. The second kappa shape index (κ2) is 5.28. The van der Waals surface area contributed by atoms with Gasteiger partial charge in [0.25, 0.3) is 0 Å². The van der Waals surface area contributed by atoms with Gasteiger partial charge in [0.05, 0.1) is 11.9 Å². The summed E-state index contributed by atoms with van der Waals surface area (Å²) in [6.07, 6.45) is 3.53. The molecule has 20 heavy (non-hydrogen) atoms. The molecular weight excluding hydrogens is 257 g/mol. The molecule has 0 spiro atoms. The van der Waals surface area contributed by atoms with Crippen molar-refractivity contribution in [2.75, 3.05) is 10.6 Å². The fourth-order valence-electron chi connectivity index (χ4n) is 1.85. The van der Waals surface area contributed by atoms with Gasteiger partial charge in [-0.15, -0.1) is 0 Å². The van der Waals surface area contributed by atoms with Gasteiger partial charge < -0.3 is 10.6 Å². The molecule has 1 heterocycles. The van der Waals surface area contributed by atoms with Crippen LogP contribution < -0.4 is 10.6 Å². The van der Waals surface area contributed by atoms with Crippen LogP contribution in [0, 0.1) is 11.7 Å².